The van der Waals surface area contributed by atoms with Gasteiger partial charge in [0.15, 0.2) is 0 Å². The third-order valence-corrected chi connectivity index (χ3v) is 4.19. The maximum absolute atomic E-state index is 12.9. The molecule has 7 nitrogen and oxygen atoms in total. The summed E-state index contributed by atoms with van der Waals surface area (Å²) in [5, 5.41) is 0. The quantitative estimate of drug-likeness (QED) is 0.595. The zero-order valence-electron chi connectivity index (χ0n) is 15.9. The maximum atomic E-state index is 12.9. The predicted molar refractivity (Wildman–Crippen MR) is 95.8 cm³/mol. The van der Waals surface area contributed by atoms with Crippen LogP contribution in [0.3, 0.4) is 0 Å². The van der Waals surface area contributed by atoms with E-state index in [2.05, 4.69) is 0 Å². The van der Waals surface area contributed by atoms with Crippen molar-refractivity contribution >= 4 is 23.8 Å². The molecular formula is C19H25N3O4. The van der Waals surface area contributed by atoms with Crippen molar-refractivity contribution in [2.45, 2.75) is 52.7 Å². The molecule has 1 aromatic carbocycles. The molecule has 5 amide bonds. The number of nitrogens with zero attached hydrogens (tertiary/aromatic N) is 3. The fourth-order valence-corrected chi connectivity index (χ4v) is 2.80. The molecule has 0 saturated carbocycles. The highest BCUT2D eigenvalue weighted by molar-refractivity contribution is 6.45. The van der Waals surface area contributed by atoms with Crippen LogP contribution in [-0.2, 0) is 20.9 Å². The van der Waals surface area contributed by atoms with Gasteiger partial charge in [0.2, 0.25) is 5.91 Å². The Hall–Kier alpha value is -2.70. The van der Waals surface area contributed by atoms with Gasteiger partial charge in [-0.3, -0.25) is 19.3 Å². The second-order valence-electron chi connectivity index (χ2n) is 7.58. The Morgan fingerprint density at radius 2 is 1.62 bits per heavy atom. The number of hydrogen-bond donors (Lipinski definition) is 0. The summed E-state index contributed by atoms with van der Waals surface area (Å²) in [7, 11) is 0. The van der Waals surface area contributed by atoms with Crippen LogP contribution in [0.15, 0.2) is 30.3 Å². The van der Waals surface area contributed by atoms with E-state index in [1.54, 1.807) is 18.7 Å². The van der Waals surface area contributed by atoms with E-state index in [4.69, 9.17) is 0 Å². The van der Waals surface area contributed by atoms with Crippen molar-refractivity contribution in [3.63, 3.8) is 0 Å². The number of urea groups is 1. The Kier molecular flexibility index (Phi) is 5.49. The molecule has 7 heteroatoms. The van der Waals surface area contributed by atoms with Gasteiger partial charge in [0.1, 0.15) is 6.54 Å². The van der Waals surface area contributed by atoms with Gasteiger partial charge in [0.05, 0.1) is 0 Å². The standard InChI is InChI=1S/C19H25N3O4/c1-13(2)22-17(25)16(24)20(18(22)26)12-15(23)21(19(3,4)5)11-14-9-7-6-8-10-14/h6-10,13H,11-12H2,1-5H3. The molecule has 1 fully saturated rings. The maximum Gasteiger partial charge on any atom is 0.334 e. The first-order valence-electron chi connectivity index (χ1n) is 8.57. The molecule has 0 N–H and O–H groups in total. The van der Waals surface area contributed by atoms with E-state index in [0.717, 1.165) is 15.4 Å². The topological polar surface area (TPSA) is 78.0 Å². The molecule has 140 valence electrons. The van der Waals surface area contributed by atoms with E-state index in [0.29, 0.717) is 6.54 Å². The van der Waals surface area contributed by atoms with Gasteiger partial charge in [0, 0.05) is 18.1 Å². The summed E-state index contributed by atoms with van der Waals surface area (Å²) in [6, 6.07) is 8.28. The third-order valence-electron chi connectivity index (χ3n) is 4.19. The van der Waals surface area contributed by atoms with Gasteiger partial charge in [-0.05, 0) is 40.2 Å². The molecule has 0 aromatic heterocycles. The van der Waals surface area contributed by atoms with Gasteiger partial charge < -0.3 is 4.90 Å². The van der Waals surface area contributed by atoms with Crippen LogP contribution in [0.1, 0.15) is 40.2 Å². The SMILES string of the molecule is CC(C)N1C(=O)C(=O)N(CC(=O)N(Cc2ccccc2)C(C)(C)C)C1=O. The fraction of sp³-hybridized carbons (Fsp3) is 0.474. The molecule has 1 heterocycles. The first-order chi connectivity index (χ1) is 12.0. The fourth-order valence-electron chi connectivity index (χ4n) is 2.80. The van der Waals surface area contributed by atoms with Gasteiger partial charge in [-0.1, -0.05) is 30.3 Å². The Labute approximate surface area is 153 Å². The first-order valence-corrected chi connectivity index (χ1v) is 8.57. The van der Waals surface area contributed by atoms with Crippen LogP contribution >= 0.6 is 0 Å². The van der Waals surface area contributed by atoms with Crippen LogP contribution in [0, 0.1) is 0 Å². The lowest BCUT2D eigenvalue weighted by atomic mass is 10.0. The summed E-state index contributed by atoms with van der Waals surface area (Å²) in [6.45, 7) is 8.83. The van der Waals surface area contributed by atoms with Gasteiger partial charge in [-0.15, -0.1) is 0 Å². The molecule has 26 heavy (non-hydrogen) atoms. The second kappa shape index (κ2) is 7.27. The molecule has 1 aromatic rings. The number of amides is 5. The zero-order chi connectivity index (χ0) is 19.6. The molecule has 0 spiro atoms. The van der Waals surface area contributed by atoms with Crippen molar-refractivity contribution in [3.05, 3.63) is 35.9 Å². The van der Waals surface area contributed by atoms with Crippen LogP contribution in [0.2, 0.25) is 0 Å². The molecule has 1 saturated heterocycles. The summed E-state index contributed by atoms with van der Waals surface area (Å²) >= 11 is 0. The minimum absolute atomic E-state index is 0.348. The van der Waals surface area contributed by atoms with E-state index in [9.17, 15) is 19.2 Å². The smallest absolute Gasteiger partial charge is 0.332 e. The molecule has 2 rings (SSSR count). The average molecular weight is 359 g/mol. The largest absolute Gasteiger partial charge is 0.334 e. The summed E-state index contributed by atoms with van der Waals surface area (Å²) in [5.41, 5.74) is 0.426. The monoisotopic (exact) mass is 359 g/mol. The van der Waals surface area contributed by atoms with Crippen molar-refractivity contribution in [2.75, 3.05) is 6.54 Å². The van der Waals surface area contributed by atoms with Gasteiger partial charge in [-0.2, -0.15) is 0 Å². The van der Waals surface area contributed by atoms with E-state index in [-0.39, 0.29) is 5.91 Å². The second-order valence-corrected chi connectivity index (χ2v) is 7.58. The molecule has 0 atom stereocenters. The normalized spacial score (nSPS) is 15.2. The molecule has 0 radical (unpaired) electrons. The molecule has 1 aliphatic heterocycles. The number of carbonyl (C=O) groups excluding carboxylic acids is 4. The first kappa shape index (κ1) is 19.6. The molecule has 1 aliphatic rings. The Morgan fingerprint density at radius 1 is 1.04 bits per heavy atom. The highest BCUT2D eigenvalue weighted by Crippen LogP contribution is 2.20. The van der Waals surface area contributed by atoms with Crippen LogP contribution in [0.4, 0.5) is 4.79 Å². The minimum atomic E-state index is -0.953. The molecule has 0 unspecified atom stereocenters. The van der Waals surface area contributed by atoms with E-state index in [1.807, 2.05) is 51.1 Å². The third kappa shape index (κ3) is 3.92. The van der Waals surface area contributed by atoms with Crippen LogP contribution in [-0.4, -0.2) is 56.6 Å². The van der Waals surface area contributed by atoms with Crippen LogP contribution in [0.25, 0.3) is 0 Å². The summed E-state index contributed by atoms with van der Waals surface area (Å²) in [5.74, 6) is -2.23. The highest BCUT2D eigenvalue weighted by atomic mass is 16.2. The van der Waals surface area contributed by atoms with E-state index >= 15 is 0 Å². The number of hydrogen-bond acceptors (Lipinski definition) is 4. The number of benzene rings is 1. The van der Waals surface area contributed by atoms with Crippen molar-refractivity contribution in [2.24, 2.45) is 0 Å². The lowest BCUT2D eigenvalue weighted by molar-refractivity contribution is -0.146. The average Bonchev–Trinajstić information content (AvgIpc) is 2.76. The molecule has 0 aliphatic carbocycles. The minimum Gasteiger partial charge on any atom is -0.332 e. The predicted octanol–water partition coefficient (Wildman–Crippen LogP) is 2.01. The number of rotatable bonds is 5. The van der Waals surface area contributed by atoms with Gasteiger partial charge >= 0.3 is 17.8 Å². The van der Waals surface area contributed by atoms with Crippen LogP contribution in [0.5, 0.6) is 0 Å². The van der Waals surface area contributed by atoms with Gasteiger partial charge in [-0.25, -0.2) is 9.69 Å². The molecule has 0 bridgehead atoms. The highest BCUT2D eigenvalue weighted by Gasteiger charge is 2.47. The zero-order valence-corrected chi connectivity index (χ0v) is 15.9. The van der Waals surface area contributed by atoms with E-state index in [1.165, 1.54) is 0 Å². The van der Waals surface area contributed by atoms with Crippen molar-refractivity contribution < 1.29 is 19.2 Å². The number of carbonyl (C=O) groups is 4. The Balaban J connectivity index is 2.21. The van der Waals surface area contributed by atoms with Crippen LogP contribution < -0.4 is 0 Å². The Bertz CT molecular complexity index is 722. The van der Waals surface area contributed by atoms with Gasteiger partial charge in [0.25, 0.3) is 0 Å². The van der Waals surface area contributed by atoms with Crippen molar-refractivity contribution in [3.8, 4) is 0 Å². The van der Waals surface area contributed by atoms with E-state index < -0.39 is 36.0 Å². The van der Waals surface area contributed by atoms with Crippen molar-refractivity contribution in [1.29, 1.82) is 0 Å². The lowest BCUT2D eigenvalue weighted by Gasteiger charge is -2.36. The summed E-state index contributed by atoms with van der Waals surface area (Å²) in [6.07, 6.45) is 0. The molecular weight excluding hydrogens is 334 g/mol. The Morgan fingerprint density at radius 3 is 2.08 bits per heavy atom. The lowest BCUT2D eigenvalue weighted by Crippen LogP contribution is -2.50. The summed E-state index contributed by atoms with van der Waals surface area (Å²) < 4.78 is 0. The number of imide groups is 2. The summed E-state index contributed by atoms with van der Waals surface area (Å²) in [4.78, 5) is 52.6. The van der Waals surface area contributed by atoms with Crippen molar-refractivity contribution in [1.82, 2.24) is 14.7 Å².